The molecule has 0 aliphatic heterocycles. The third-order valence-electron chi connectivity index (χ3n) is 3.20. The number of aliphatic hydroxyl groups excluding tert-OH is 1. The lowest BCUT2D eigenvalue weighted by atomic mass is 9.84. The van der Waals surface area contributed by atoms with Crippen LogP contribution in [-0.4, -0.2) is 28.2 Å². The van der Waals surface area contributed by atoms with Gasteiger partial charge in [0.05, 0.1) is 12.7 Å². The van der Waals surface area contributed by atoms with E-state index < -0.39 is 9.04 Å². The second kappa shape index (κ2) is 6.74. The zero-order valence-corrected chi connectivity index (χ0v) is 15.1. The summed E-state index contributed by atoms with van der Waals surface area (Å²) in [5.41, 5.74) is 3.24. The standard InChI is InChI=1S/C16H29NO2Si/c1-16(2,3)15(19-20(6)7)13-8-12(11-18)9-14(10-13)17(4)5/h8-10,15,18,20H,11H2,1-7H3. The second-order valence-electron chi connectivity index (χ2n) is 6.92. The van der Waals surface area contributed by atoms with Gasteiger partial charge in [-0.1, -0.05) is 26.8 Å². The van der Waals surface area contributed by atoms with E-state index in [9.17, 15) is 5.11 Å². The summed E-state index contributed by atoms with van der Waals surface area (Å²) >= 11 is 0. The molecule has 0 saturated heterocycles. The minimum atomic E-state index is -1.14. The summed E-state index contributed by atoms with van der Waals surface area (Å²) in [6, 6.07) is 6.27. The predicted octanol–water partition coefficient (Wildman–Crippen LogP) is 3.33. The molecule has 1 aromatic carbocycles. The molecule has 0 bridgehead atoms. The summed E-state index contributed by atoms with van der Waals surface area (Å²) in [5, 5.41) is 9.48. The molecule has 0 spiro atoms. The van der Waals surface area contributed by atoms with Crippen LogP contribution in [0, 0.1) is 5.41 Å². The molecule has 4 heteroatoms. The van der Waals surface area contributed by atoms with E-state index in [0.717, 1.165) is 16.8 Å². The maximum atomic E-state index is 9.48. The highest BCUT2D eigenvalue weighted by Crippen LogP contribution is 2.38. The highest BCUT2D eigenvalue weighted by molar-refractivity contribution is 6.48. The third kappa shape index (κ3) is 4.61. The highest BCUT2D eigenvalue weighted by Gasteiger charge is 2.28. The summed E-state index contributed by atoms with van der Waals surface area (Å²) in [6.07, 6.45) is 0.0689. The van der Waals surface area contributed by atoms with Crippen molar-refractivity contribution in [2.75, 3.05) is 19.0 Å². The van der Waals surface area contributed by atoms with Crippen molar-refractivity contribution in [2.24, 2.45) is 5.41 Å². The minimum Gasteiger partial charge on any atom is -0.413 e. The Morgan fingerprint density at radius 2 is 1.80 bits per heavy atom. The lowest BCUT2D eigenvalue weighted by Gasteiger charge is -2.34. The maximum Gasteiger partial charge on any atom is 0.171 e. The van der Waals surface area contributed by atoms with Gasteiger partial charge in [0, 0.05) is 19.8 Å². The molecule has 20 heavy (non-hydrogen) atoms. The predicted molar refractivity (Wildman–Crippen MR) is 88.8 cm³/mol. The first-order chi connectivity index (χ1) is 9.15. The Morgan fingerprint density at radius 1 is 1.20 bits per heavy atom. The molecule has 1 unspecified atom stereocenters. The van der Waals surface area contributed by atoms with E-state index in [1.165, 1.54) is 0 Å². The van der Waals surface area contributed by atoms with E-state index in [1.54, 1.807) is 0 Å². The molecule has 1 N–H and O–H groups in total. The van der Waals surface area contributed by atoms with Crippen molar-refractivity contribution < 1.29 is 9.53 Å². The van der Waals surface area contributed by atoms with Crippen molar-refractivity contribution in [3.8, 4) is 0 Å². The molecule has 1 rings (SSSR count). The maximum absolute atomic E-state index is 9.48. The molecule has 1 aromatic rings. The smallest absolute Gasteiger partial charge is 0.171 e. The Labute approximate surface area is 125 Å². The Kier molecular flexibility index (Phi) is 5.80. The largest absolute Gasteiger partial charge is 0.413 e. The van der Waals surface area contributed by atoms with Gasteiger partial charge >= 0.3 is 0 Å². The summed E-state index contributed by atoms with van der Waals surface area (Å²) in [4.78, 5) is 2.06. The zero-order valence-electron chi connectivity index (χ0n) is 13.9. The van der Waals surface area contributed by atoms with E-state index in [1.807, 2.05) is 20.2 Å². The average molecular weight is 295 g/mol. The quantitative estimate of drug-likeness (QED) is 0.846. The molecule has 0 fully saturated rings. The Bertz CT molecular complexity index is 439. The van der Waals surface area contributed by atoms with E-state index in [0.29, 0.717) is 0 Å². The van der Waals surface area contributed by atoms with Crippen LogP contribution in [0.1, 0.15) is 38.0 Å². The van der Waals surface area contributed by atoms with Crippen molar-refractivity contribution >= 4 is 14.7 Å². The van der Waals surface area contributed by atoms with Crippen molar-refractivity contribution in [2.45, 2.75) is 46.6 Å². The van der Waals surface area contributed by atoms with Gasteiger partial charge in [-0.25, -0.2) is 0 Å². The van der Waals surface area contributed by atoms with Crippen LogP contribution in [0.2, 0.25) is 13.1 Å². The first-order valence-corrected chi connectivity index (χ1v) is 10.0. The van der Waals surface area contributed by atoms with Crippen LogP contribution in [0.5, 0.6) is 0 Å². The molecule has 114 valence electrons. The summed E-state index contributed by atoms with van der Waals surface area (Å²) < 4.78 is 6.27. The SMILES string of the molecule is CN(C)c1cc(CO)cc(C(O[SiH](C)C)C(C)(C)C)c1. The lowest BCUT2D eigenvalue weighted by molar-refractivity contribution is 0.0864. The number of benzene rings is 1. The van der Waals surface area contributed by atoms with E-state index in [4.69, 9.17) is 4.43 Å². The van der Waals surface area contributed by atoms with E-state index >= 15 is 0 Å². The number of nitrogens with zero attached hydrogens (tertiary/aromatic N) is 1. The van der Waals surface area contributed by atoms with Crippen LogP contribution >= 0.6 is 0 Å². The number of hydrogen-bond acceptors (Lipinski definition) is 3. The third-order valence-corrected chi connectivity index (χ3v) is 4.01. The summed E-state index contributed by atoms with van der Waals surface area (Å²) in [7, 11) is 2.90. The molecule has 0 aromatic heterocycles. The van der Waals surface area contributed by atoms with Crippen LogP contribution < -0.4 is 4.90 Å². The zero-order chi connectivity index (χ0) is 15.5. The molecule has 0 heterocycles. The van der Waals surface area contributed by atoms with Gasteiger partial charge in [0.15, 0.2) is 9.04 Å². The molecule has 0 aliphatic carbocycles. The second-order valence-corrected chi connectivity index (χ2v) is 9.29. The van der Waals surface area contributed by atoms with Crippen LogP contribution in [0.25, 0.3) is 0 Å². The molecule has 0 amide bonds. The van der Waals surface area contributed by atoms with Gasteiger partial charge in [0.2, 0.25) is 0 Å². The normalized spacial score (nSPS) is 13.7. The fraction of sp³-hybridized carbons (Fsp3) is 0.625. The van der Waals surface area contributed by atoms with Crippen LogP contribution in [0.4, 0.5) is 5.69 Å². The number of aliphatic hydroxyl groups is 1. The topological polar surface area (TPSA) is 32.7 Å². The Balaban J connectivity index is 3.28. The molecular weight excluding hydrogens is 266 g/mol. The molecule has 0 radical (unpaired) electrons. The monoisotopic (exact) mass is 295 g/mol. The fourth-order valence-electron chi connectivity index (χ4n) is 2.26. The molecule has 0 saturated carbocycles. The number of hydrogen-bond donors (Lipinski definition) is 1. The van der Waals surface area contributed by atoms with Crippen LogP contribution in [0.3, 0.4) is 0 Å². The minimum absolute atomic E-state index is 0.0366. The van der Waals surface area contributed by atoms with Gasteiger partial charge in [-0.3, -0.25) is 0 Å². The van der Waals surface area contributed by atoms with Crippen molar-refractivity contribution in [3.63, 3.8) is 0 Å². The fourth-order valence-corrected chi connectivity index (χ4v) is 3.37. The average Bonchev–Trinajstić information content (AvgIpc) is 2.33. The molecular formula is C16H29NO2Si. The number of anilines is 1. The van der Waals surface area contributed by atoms with Crippen molar-refractivity contribution in [1.82, 2.24) is 0 Å². The first kappa shape index (κ1) is 17.2. The van der Waals surface area contributed by atoms with Crippen LogP contribution in [-0.2, 0) is 11.0 Å². The Morgan fingerprint density at radius 3 is 2.20 bits per heavy atom. The molecule has 3 nitrogen and oxygen atoms in total. The molecule has 1 atom stereocenters. The van der Waals surface area contributed by atoms with Crippen molar-refractivity contribution in [3.05, 3.63) is 29.3 Å². The number of rotatable bonds is 5. The van der Waals surface area contributed by atoms with Crippen LogP contribution in [0.15, 0.2) is 18.2 Å². The van der Waals surface area contributed by atoms with Gasteiger partial charge in [-0.2, -0.15) is 0 Å². The lowest BCUT2D eigenvalue weighted by Crippen LogP contribution is -2.26. The highest BCUT2D eigenvalue weighted by atomic mass is 28.3. The van der Waals surface area contributed by atoms with Gasteiger partial charge < -0.3 is 14.4 Å². The van der Waals surface area contributed by atoms with E-state index in [2.05, 4.69) is 50.9 Å². The summed E-state index contributed by atoms with van der Waals surface area (Å²) in [6.45, 7) is 11.1. The van der Waals surface area contributed by atoms with Crippen molar-refractivity contribution in [1.29, 1.82) is 0 Å². The first-order valence-electron chi connectivity index (χ1n) is 7.22. The van der Waals surface area contributed by atoms with E-state index in [-0.39, 0.29) is 18.1 Å². The van der Waals surface area contributed by atoms with Gasteiger partial charge in [0.1, 0.15) is 0 Å². The molecule has 0 aliphatic rings. The van der Waals surface area contributed by atoms with Gasteiger partial charge in [-0.15, -0.1) is 0 Å². The summed E-state index contributed by atoms with van der Waals surface area (Å²) in [5.74, 6) is 0. The van der Waals surface area contributed by atoms with Gasteiger partial charge in [-0.05, 0) is 41.8 Å². The Hall–Kier alpha value is -0.843. The van der Waals surface area contributed by atoms with Gasteiger partial charge in [0.25, 0.3) is 0 Å².